The lowest BCUT2D eigenvalue weighted by Crippen LogP contribution is -2.39. The van der Waals surface area contributed by atoms with Crippen LogP contribution < -0.4 is 0 Å². The number of ether oxygens (including phenoxy) is 2. The molecule has 2 aromatic heterocycles. The molecule has 2 aliphatic rings. The van der Waals surface area contributed by atoms with Gasteiger partial charge in [-0.2, -0.15) is 0 Å². The van der Waals surface area contributed by atoms with Gasteiger partial charge in [0.15, 0.2) is 0 Å². The third-order valence-electron chi connectivity index (χ3n) is 5.23. The Kier molecular flexibility index (Phi) is 10.6. The van der Waals surface area contributed by atoms with Crippen LogP contribution in [0.2, 0.25) is 0 Å². The van der Waals surface area contributed by atoms with Gasteiger partial charge in [0.2, 0.25) is 0 Å². The summed E-state index contributed by atoms with van der Waals surface area (Å²) >= 11 is 10.1. The lowest BCUT2D eigenvalue weighted by molar-refractivity contribution is 0.0260. The maximum Gasteiger partial charge on any atom is 0.410 e. The zero-order valence-electron chi connectivity index (χ0n) is 22.5. The summed E-state index contributed by atoms with van der Waals surface area (Å²) in [5, 5.41) is 2.05. The van der Waals surface area contributed by atoms with Gasteiger partial charge in [-0.3, -0.25) is 0 Å². The minimum Gasteiger partial charge on any atom is -0.444 e. The van der Waals surface area contributed by atoms with Crippen LogP contribution >= 0.6 is 54.5 Å². The molecule has 0 saturated carbocycles. The number of thiazole rings is 2. The molecule has 0 spiro atoms. The molecular weight excluding hydrogens is 656 g/mol. The van der Waals surface area contributed by atoms with Crippen molar-refractivity contribution in [2.24, 2.45) is 0 Å². The van der Waals surface area contributed by atoms with Crippen LogP contribution in [0.15, 0.2) is 32.1 Å². The smallest absolute Gasteiger partial charge is 0.410 e. The second-order valence-corrected chi connectivity index (χ2v) is 15.6. The van der Waals surface area contributed by atoms with Gasteiger partial charge < -0.3 is 19.3 Å². The zero-order chi connectivity index (χ0) is 28.1. The van der Waals surface area contributed by atoms with Gasteiger partial charge in [-0.05, 0) is 97.4 Å². The van der Waals surface area contributed by atoms with Crippen molar-refractivity contribution in [3.63, 3.8) is 0 Å². The van der Waals surface area contributed by atoms with E-state index in [0.717, 1.165) is 30.4 Å². The van der Waals surface area contributed by atoms with E-state index in [1.165, 1.54) is 11.1 Å². The van der Waals surface area contributed by atoms with Gasteiger partial charge >= 0.3 is 12.2 Å². The molecule has 0 fully saturated rings. The summed E-state index contributed by atoms with van der Waals surface area (Å²) < 4.78 is 12.8. The van der Waals surface area contributed by atoms with Gasteiger partial charge in [-0.25, -0.2) is 19.6 Å². The van der Waals surface area contributed by atoms with Crippen molar-refractivity contribution in [3.8, 4) is 0 Å². The Hall–Kier alpha value is -1.76. The number of carbonyl (C=O) groups excluding carboxylic acids is 2. The fraction of sp³-hybridized carbons (Fsp3) is 0.538. The second-order valence-electron chi connectivity index (χ2n) is 10.8. The monoisotopic (exact) mass is 688 g/mol. The molecule has 0 saturated heterocycles. The van der Waals surface area contributed by atoms with Gasteiger partial charge in [0.25, 0.3) is 0 Å². The molecule has 2 aromatic rings. The summed E-state index contributed by atoms with van der Waals surface area (Å²) in [4.78, 5) is 35.9. The first-order chi connectivity index (χ1) is 17.7. The number of nitrogens with zero attached hydrogens (tertiary/aromatic N) is 4. The van der Waals surface area contributed by atoms with Crippen LogP contribution in [0.5, 0.6) is 0 Å². The first kappa shape index (κ1) is 30.8. The highest BCUT2D eigenvalue weighted by molar-refractivity contribution is 9.11. The van der Waals surface area contributed by atoms with Crippen LogP contribution in [0.4, 0.5) is 9.59 Å². The number of rotatable bonds is 2. The molecule has 0 bridgehead atoms. The summed E-state index contributed by atoms with van der Waals surface area (Å²) in [6, 6.07) is 0. The SMILES string of the molecule is CC(C)(C)OC(=O)N1CC=C(c2ncc(Br)s2)CC1.CC(C)(C)OC(=O)N1CC=C(c2ncc(Br)s2)CC1. The van der Waals surface area contributed by atoms with Crippen molar-refractivity contribution >= 4 is 77.9 Å². The lowest BCUT2D eigenvalue weighted by atomic mass is 10.1. The van der Waals surface area contributed by atoms with Crippen molar-refractivity contribution in [3.05, 3.63) is 42.1 Å². The maximum absolute atomic E-state index is 11.9. The minimum atomic E-state index is -0.443. The van der Waals surface area contributed by atoms with E-state index in [1.54, 1.807) is 44.9 Å². The largest absolute Gasteiger partial charge is 0.444 e. The van der Waals surface area contributed by atoms with Gasteiger partial charge in [0, 0.05) is 26.2 Å². The topological polar surface area (TPSA) is 84.9 Å². The third kappa shape index (κ3) is 9.77. The second kappa shape index (κ2) is 13.1. The van der Waals surface area contributed by atoms with Gasteiger partial charge in [-0.1, -0.05) is 12.2 Å². The van der Waals surface area contributed by atoms with Gasteiger partial charge in [-0.15, -0.1) is 22.7 Å². The number of amides is 2. The van der Waals surface area contributed by atoms with E-state index in [4.69, 9.17) is 9.47 Å². The molecule has 0 aromatic carbocycles. The van der Waals surface area contributed by atoms with E-state index in [1.807, 2.05) is 41.5 Å². The number of hydrogen-bond acceptors (Lipinski definition) is 8. The lowest BCUT2D eigenvalue weighted by Gasteiger charge is -2.29. The van der Waals surface area contributed by atoms with E-state index >= 15 is 0 Å². The van der Waals surface area contributed by atoms with Gasteiger partial charge in [0.1, 0.15) is 21.2 Å². The number of hydrogen-bond donors (Lipinski definition) is 0. The number of carbonyl (C=O) groups is 2. The minimum absolute atomic E-state index is 0.247. The average Bonchev–Trinajstić information content (AvgIpc) is 3.46. The van der Waals surface area contributed by atoms with Crippen LogP contribution in [0, 0.1) is 0 Å². The van der Waals surface area contributed by atoms with E-state index in [-0.39, 0.29) is 12.2 Å². The number of halogens is 2. The Bertz CT molecular complexity index is 1100. The molecule has 0 N–H and O–H groups in total. The van der Waals surface area contributed by atoms with Crippen LogP contribution in [0.25, 0.3) is 11.1 Å². The Balaban J connectivity index is 0.000000211. The molecule has 8 nitrogen and oxygen atoms in total. The number of aromatic nitrogens is 2. The quantitative estimate of drug-likeness (QED) is 0.319. The molecule has 0 unspecified atom stereocenters. The fourth-order valence-corrected chi connectivity index (χ4v) is 6.07. The van der Waals surface area contributed by atoms with E-state index in [2.05, 4.69) is 54.0 Å². The summed E-state index contributed by atoms with van der Waals surface area (Å²) in [7, 11) is 0. The predicted molar refractivity (Wildman–Crippen MR) is 160 cm³/mol. The Morgan fingerprint density at radius 2 is 1.13 bits per heavy atom. The van der Waals surface area contributed by atoms with Crippen molar-refractivity contribution in [2.75, 3.05) is 26.2 Å². The van der Waals surface area contributed by atoms with Crippen LogP contribution in [0.1, 0.15) is 64.4 Å². The Morgan fingerprint density at radius 3 is 1.37 bits per heavy atom. The Labute approximate surface area is 249 Å². The first-order valence-electron chi connectivity index (χ1n) is 12.3. The molecule has 4 rings (SSSR count). The summed E-state index contributed by atoms with van der Waals surface area (Å²) in [5.74, 6) is 0. The van der Waals surface area contributed by atoms with Crippen molar-refractivity contribution < 1.29 is 19.1 Å². The molecule has 0 radical (unpaired) electrons. The van der Waals surface area contributed by atoms with E-state index < -0.39 is 11.2 Å². The van der Waals surface area contributed by atoms with Crippen LogP contribution in [-0.4, -0.2) is 69.3 Å². The molecule has 2 amide bonds. The zero-order valence-corrected chi connectivity index (χ0v) is 27.4. The van der Waals surface area contributed by atoms with Crippen molar-refractivity contribution in [2.45, 2.75) is 65.6 Å². The summed E-state index contributed by atoms with van der Waals surface area (Å²) in [6.07, 6.45) is 8.86. The van der Waals surface area contributed by atoms with Crippen molar-refractivity contribution in [1.82, 2.24) is 19.8 Å². The standard InChI is InChI=1S/2C13H17BrN2O2S/c2*1-13(2,3)18-12(17)16-6-4-9(5-7-16)11-15-8-10(14)19-11/h2*4,8H,5-7H2,1-3H3. The molecule has 4 heterocycles. The third-order valence-corrected chi connectivity index (χ3v) is 8.33. The fourth-order valence-electron chi connectivity index (χ4n) is 3.52. The van der Waals surface area contributed by atoms with E-state index in [0.29, 0.717) is 26.2 Å². The highest BCUT2D eigenvalue weighted by Crippen LogP contribution is 2.30. The highest BCUT2D eigenvalue weighted by Gasteiger charge is 2.25. The predicted octanol–water partition coefficient (Wildman–Crippen LogP) is 7.86. The molecule has 12 heteroatoms. The molecule has 0 aliphatic carbocycles. The first-order valence-corrected chi connectivity index (χ1v) is 15.5. The van der Waals surface area contributed by atoms with Crippen molar-refractivity contribution in [1.29, 1.82) is 0 Å². The molecular formula is C26H34Br2N4O4S2. The molecule has 208 valence electrons. The molecule has 38 heavy (non-hydrogen) atoms. The molecule has 0 atom stereocenters. The summed E-state index contributed by atoms with van der Waals surface area (Å²) in [5.41, 5.74) is 1.52. The highest BCUT2D eigenvalue weighted by atomic mass is 79.9. The van der Waals surface area contributed by atoms with Gasteiger partial charge in [0.05, 0.1) is 20.0 Å². The normalized spacial score (nSPS) is 16.2. The average molecular weight is 691 g/mol. The van der Waals surface area contributed by atoms with Crippen LogP contribution in [-0.2, 0) is 9.47 Å². The van der Waals surface area contributed by atoms with E-state index in [9.17, 15) is 9.59 Å². The summed E-state index contributed by atoms with van der Waals surface area (Å²) in [6.45, 7) is 13.8. The Morgan fingerprint density at radius 1 is 0.763 bits per heavy atom. The maximum atomic E-state index is 11.9. The van der Waals surface area contributed by atoms with Crippen LogP contribution in [0.3, 0.4) is 0 Å². The molecule has 2 aliphatic heterocycles.